The minimum absolute atomic E-state index is 0.275. The average molecular weight is 328 g/mol. The first-order valence-corrected chi connectivity index (χ1v) is 7.39. The van der Waals surface area contributed by atoms with E-state index >= 15 is 0 Å². The fourth-order valence-electron chi connectivity index (χ4n) is 2.71. The Kier molecular flexibility index (Phi) is 3.92. The molecule has 0 aliphatic carbocycles. The van der Waals surface area contributed by atoms with Crippen LogP contribution in [0.2, 0.25) is 5.02 Å². The summed E-state index contributed by atoms with van der Waals surface area (Å²) in [6.07, 6.45) is 0.774. The van der Waals surface area contributed by atoms with Gasteiger partial charge in [0.1, 0.15) is 6.29 Å². The Hall–Kier alpha value is -2.59. The van der Waals surface area contributed by atoms with Crippen LogP contribution in [0.5, 0.6) is 0 Å². The monoisotopic (exact) mass is 327 g/mol. The first kappa shape index (κ1) is 15.3. The molecule has 0 unspecified atom stereocenters. The van der Waals surface area contributed by atoms with Crippen molar-refractivity contribution < 1.29 is 14.3 Å². The van der Waals surface area contributed by atoms with Crippen LogP contribution >= 0.6 is 11.6 Å². The van der Waals surface area contributed by atoms with Crippen LogP contribution < -0.4 is 0 Å². The van der Waals surface area contributed by atoms with Crippen molar-refractivity contribution in [1.29, 1.82) is 0 Å². The molecule has 0 saturated carbocycles. The maximum absolute atomic E-state index is 12.2. The Morgan fingerprint density at radius 1 is 1.17 bits per heavy atom. The third-order valence-electron chi connectivity index (χ3n) is 3.81. The van der Waals surface area contributed by atoms with Crippen molar-refractivity contribution in [2.75, 3.05) is 7.11 Å². The van der Waals surface area contributed by atoms with Crippen molar-refractivity contribution in [3.05, 3.63) is 64.3 Å². The van der Waals surface area contributed by atoms with E-state index in [1.165, 1.54) is 7.11 Å². The molecule has 3 aromatic rings. The number of hydrogen-bond acceptors (Lipinski definition) is 3. The van der Waals surface area contributed by atoms with E-state index in [0.717, 1.165) is 28.4 Å². The van der Waals surface area contributed by atoms with Crippen molar-refractivity contribution in [2.24, 2.45) is 0 Å². The molecule has 0 radical (unpaired) electrons. The molecule has 1 aromatic heterocycles. The molecule has 0 spiro atoms. The molecule has 23 heavy (non-hydrogen) atoms. The van der Waals surface area contributed by atoms with E-state index < -0.39 is 5.97 Å². The standard InChI is InChI=1S/C18H14ClNO3/c1-11-4-3-5-14-15(11)16(19)17(18(22)23-2)20(14)13-8-6-12(10-21)7-9-13/h3-10H,1-2H3. The zero-order chi connectivity index (χ0) is 16.6. The summed E-state index contributed by atoms with van der Waals surface area (Å²) in [6, 6.07) is 12.7. The average Bonchev–Trinajstić information content (AvgIpc) is 2.88. The van der Waals surface area contributed by atoms with Crippen LogP contribution in [0, 0.1) is 6.92 Å². The van der Waals surface area contributed by atoms with Gasteiger partial charge in [0, 0.05) is 16.6 Å². The molecule has 1 heterocycles. The van der Waals surface area contributed by atoms with Gasteiger partial charge in [-0.1, -0.05) is 23.7 Å². The zero-order valence-corrected chi connectivity index (χ0v) is 13.4. The first-order chi connectivity index (χ1) is 11.1. The lowest BCUT2D eigenvalue weighted by Crippen LogP contribution is -2.09. The molecule has 0 fully saturated rings. The number of halogens is 1. The lowest BCUT2D eigenvalue weighted by molar-refractivity contribution is 0.0592. The van der Waals surface area contributed by atoms with Crippen molar-refractivity contribution in [1.82, 2.24) is 4.57 Å². The number of methoxy groups -OCH3 is 1. The smallest absolute Gasteiger partial charge is 0.356 e. The van der Waals surface area contributed by atoms with Crippen LogP contribution in [0.1, 0.15) is 26.4 Å². The number of esters is 1. The summed E-state index contributed by atoms with van der Waals surface area (Å²) in [5.41, 5.74) is 3.36. The molecule has 0 amide bonds. The van der Waals surface area contributed by atoms with Gasteiger partial charge in [0.15, 0.2) is 5.69 Å². The number of rotatable bonds is 3. The number of aldehydes is 1. The zero-order valence-electron chi connectivity index (χ0n) is 12.7. The van der Waals surface area contributed by atoms with Crippen molar-refractivity contribution in [3.63, 3.8) is 0 Å². The first-order valence-electron chi connectivity index (χ1n) is 7.02. The highest BCUT2D eigenvalue weighted by Gasteiger charge is 2.24. The molecule has 0 saturated heterocycles. The summed E-state index contributed by atoms with van der Waals surface area (Å²) in [5, 5.41) is 1.18. The van der Waals surface area contributed by atoms with Crippen molar-refractivity contribution >= 4 is 34.8 Å². The second-order valence-electron chi connectivity index (χ2n) is 5.17. The summed E-state index contributed by atoms with van der Waals surface area (Å²) >= 11 is 6.47. The Balaban J connectivity index is 2.39. The van der Waals surface area contributed by atoms with E-state index in [2.05, 4.69) is 0 Å². The summed E-state index contributed by atoms with van der Waals surface area (Å²) in [5.74, 6) is -0.509. The predicted molar refractivity (Wildman–Crippen MR) is 89.7 cm³/mol. The van der Waals surface area contributed by atoms with Crippen LogP contribution in [0.15, 0.2) is 42.5 Å². The van der Waals surface area contributed by atoms with Crippen LogP contribution in [-0.2, 0) is 4.74 Å². The SMILES string of the molecule is COC(=O)c1c(Cl)c2c(C)cccc2n1-c1ccc(C=O)cc1. The van der Waals surface area contributed by atoms with E-state index in [1.54, 1.807) is 28.8 Å². The lowest BCUT2D eigenvalue weighted by Gasteiger charge is -2.10. The molecular weight excluding hydrogens is 314 g/mol. The van der Waals surface area contributed by atoms with Crippen LogP contribution in [0.3, 0.4) is 0 Å². The number of carbonyl (C=O) groups excluding carboxylic acids is 2. The molecule has 5 heteroatoms. The third-order valence-corrected chi connectivity index (χ3v) is 4.18. The van der Waals surface area contributed by atoms with Crippen LogP contribution in [-0.4, -0.2) is 23.9 Å². The highest BCUT2D eigenvalue weighted by molar-refractivity contribution is 6.39. The van der Waals surface area contributed by atoms with Crippen molar-refractivity contribution in [3.8, 4) is 5.69 Å². The summed E-state index contributed by atoms with van der Waals surface area (Å²) in [4.78, 5) is 23.1. The number of nitrogens with zero attached hydrogens (tertiary/aromatic N) is 1. The quantitative estimate of drug-likeness (QED) is 0.535. The van der Waals surface area contributed by atoms with Gasteiger partial charge in [-0.3, -0.25) is 4.79 Å². The molecule has 2 aromatic carbocycles. The minimum atomic E-state index is -0.509. The van der Waals surface area contributed by atoms with Gasteiger partial charge in [0.25, 0.3) is 0 Å². The Labute approximate surface area is 138 Å². The Morgan fingerprint density at radius 3 is 2.48 bits per heavy atom. The van der Waals surface area contributed by atoms with Crippen LogP contribution in [0.4, 0.5) is 0 Å². The molecule has 0 bridgehead atoms. The van der Waals surface area contributed by atoms with Gasteiger partial charge in [0.2, 0.25) is 0 Å². The molecule has 0 aliphatic rings. The van der Waals surface area contributed by atoms with Gasteiger partial charge in [-0.2, -0.15) is 0 Å². The highest BCUT2D eigenvalue weighted by Crippen LogP contribution is 2.35. The van der Waals surface area contributed by atoms with E-state index in [4.69, 9.17) is 16.3 Å². The fraction of sp³-hybridized carbons (Fsp3) is 0.111. The van der Waals surface area contributed by atoms with Crippen LogP contribution in [0.25, 0.3) is 16.6 Å². The molecule has 3 rings (SSSR count). The minimum Gasteiger partial charge on any atom is -0.464 e. The van der Waals surface area contributed by atoms with Crippen molar-refractivity contribution in [2.45, 2.75) is 6.92 Å². The highest BCUT2D eigenvalue weighted by atomic mass is 35.5. The fourth-order valence-corrected chi connectivity index (χ4v) is 3.12. The van der Waals surface area contributed by atoms with Gasteiger partial charge in [-0.15, -0.1) is 0 Å². The van der Waals surface area contributed by atoms with Gasteiger partial charge in [-0.05, 0) is 42.8 Å². The molecule has 0 N–H and O–H groups in total. The number of hydrogen-bond donors (Lipinski definition) is 0. The maximum Gasteiger partial charge on any atom is 0.356 e. The summed E-state index contributed by atoms with van der Waals surface area (Å²) in [7, 11) is 1.32. The number of ether oxygens (including phenoxy) is 1. The number of benzene rings is 2. The second kappa shape index (κ2) is 5.89. The number of fused-ring (bicyclic) bond motifs is 1. The van der Waals surface area contributed by atoms with Gasteiger partial charge in [0.05, 0.1) is 17.6 Å². The Bertz CT molecular complexity index is 910. The van der Waals surface area contributed by atoms with E-state index in [0.29, 0.717) is 10.6 Å². The van der Waals surface area contributed by atoms with Gasteiger partial charge in [-0.25, -0.2) is 4.79 Å². The molecule has 4 nitrogen and oxygen atoms in total. The predicted octanol–water partition coefficient (Wildman–Crippen LogP) is 4.19. The lowest BCUT2D eigenvalue weighted by atomic mass is 10.1. The van der Waals surface area contributed by atoms with E-state index in [9.17, 15) is 9.59 Å². The summed E-state index contributed by atoms with van der Waals surface area (Å²) in [6.45, 7) is 1.94. The van der Waals surface area contributed by atoms with Gasteiger partial charge >= 0.3 is 5.97 Å². The number of aromatic nitrogens is 1. The maximum atomic E-state index is 12.2. The summed E-state index contributed by atoms with van der Waals surface area (Å²) < 4.78 is 6.65. The Morgan fingerprint density at radius 2 is 1.87 bits per heavy atom. The molecule has 0 atom stereocenters. The normalized spacial score (nSPS) is 10.7. The third kappa shape index (κ3) is 2.41. The molecule has 0 aliphatic heterocycles. The topological polar surface area (TPSA) is 48.3 Å². The van der Waals surface area contributed by atoms with E-state index in [1.807, 2.05) is 25.1 Å². The largest absolute Gasteiger partial charge is 0.464 e. The molecule has 116 valence electrons. The van der Waals surface area contributed by atoms with Gasteiger partial charge < -0.3 is 9.30 Å². The number of carbonyl (C=O) groups is 2. The number of aryl methyl sites for hydroxylation is 1. The van der Waals surface area contributed by atoms with E-state index in [-0.39, 0.29) is 5.69 Å². The molecular formula is C18H14ClNO3. The second-order valence-corrected chi connectivity index (χ2v) is 5.55.